The highest BCUT2D eigenvalue weighted by Crippen LogP contribution is 2.37. The van der Waals surface area contributed by atoms with E-state index in [1.807, 2.05) is 24.3 Å². The third-order valence-electron chi connectivity index (χ3n) is 5.76. The van der Waals surface area contributed by atoms with Crippen molar-refractivity contribution < 1.29 is 8.42 Å². The zero-order chi connectivity index (χ0) is 20.0. The fraction of sp³-hybridized carbons (Fsp3) is 0.400. The van der Waals surface area contributed by atoms with Crippen LogP contribution in [0.5, 0.6) is 0 Å². The fourth-order valence-electron chi connectivity index (χ4n) is 4.19. The van der Waals surface area contributed by atoms with E-state index in [0.29, 0.717) is 11.5 Å². The van der Waals surface area contributed by atoms with Gasteiger partial charge >= 0.3 is 0 Å². The predicted molar refractivity (Wildman–Crippen MR) is 119 cm³/mol. The van der Waals surface area contributed by atoms with Crippen molar-refractivity contribution in [2.45, 2.75) is 12.5 Å². The Bertz CT molecular complexity index is 1140. The molecular weight excluding hydrogens is 428 g/mol. The molecule has 1 atom stereocenters. The molecule has 2 aliphatic rings. The molecule has 9 heteroatoms. The Morgan fingerprint density at radius 3 is 2.52 bits per heavy atom. The lowest BCUT2D eigenvalue weighted by Gasteiger charge is -2.38. The topological polar surface area (TPSA) is 66.4 Å². The summed E-state index contributed by atoms with van der Waals surface area (Å²) in [6, 6.07) is 10.1. The van der Waals surface area contributed by atoms with E-state index < -0.39 is 9.84 Å². The number of aromatic nitrogens is 2. The SMILES string of the molecule is O=S1(=O)CCC(N2CCN(c3ncnc4cc(-c5ccc(Cl)cc5)sc34)CC2)C1. The first-order chi connectivity index (χ1) is 14.0. The molecule has 0 amide bonds. The molecule has 6 nitrogen and oxygen atoms in total. The fourth-order valence-corrected chi connectivity index (χ4v) is 7.21. The Morgan fingerprint density at radius 2 is 1.83 bits per heavy atom. The lowest BCUT2D eigenvalue weighted by molar-refractivity contribution is 0.200. The minimum atomic E-state index is -2.85. The van der Waals surface area contributed by atoms with Gasteiger partial charge in [-0.3, -0.25) is 4.90 Å². The van der Waals surface area contributed by atoms with Gasteiger partial charge in [-0.25, -0.2) is 18.4 Å². The minimum Gasteiger partial charge on any atom is -0.353 e. The van der Waals surface area contributed by atoms with Gasteiger partial charge in [0.05, 0.1) is 21.7 Å². The summed E-state index contributed by atoms with van der Waals surface area (Å²) in [7, 11) is -2.85. The molecule has 5 rings (SSSR count). The molecule has 2 saturated heterocycles. The number of piperazine rings is 1. The molecule has 29 heavy (non-hydrogen) atoms. The number of thiophene rings is 1. The second-order valence-electron chi connectivity index (χ2n) is 7.61. The van der Waals surface area contributed by atoms with Crippen LogP contribution >= 0.6 is 22.9 Å². The van der Waals surface area contributed by atoms with Crippen LogP contribution in [0.1, 0.15) is 6.42 Å². The second kappa shape index (κ2) is 7.50. The van der Waals surface area contributed by atoms with E-state index in [9.17, 15) is 8.42 Å². The maximum atomic E-state index is 11.8. The summed E-state index contributed by atoms with van der Waals surface area (Å²) >= 11 is 7.72. The molecule has 1 unspecified atom stereocenters. The van der Waals surface area contributed by atoms with Crippen LogP contribution in [0, 0.1) is 0 Å². The maximum absolute atomic E-state index is 11.8. The Labute approximate surface area is 179 Å². The lowest BCUT2D eigenvalue weighted by atomic mass is 10.2. The molecule has 2 aliphatic heterocycles. The van der Waals surface area contributed by atoms with Gasteiger partial charge in [0, 0.05) is 42.1 Å². The molecule has 0 bridgehead atoms. The van der Waals surface area contributed by atoms with Gasteiger partial charge < -0.3 is 4.90 Å². The molecular formula is C20H21ClN4O2S2. The zero-order valence-corrected chi connectivity index (χ0v) is 18.2. The highest BCUT2D eigenvalue weighted by Gasteiger charge is 2.34. The Kier molecular flexibility index (Phi) is 4.98. The third-order valence-corrected chi connectivity index (χ3v) is 8.93. The van der Waals surface area contributed by atoms with Crippen molar-refractivity contribution in [3.8, 4) is 10.4 Å². The van der Waals surface area contributed by atoms with Crippen LogP contribution in [0.15, 0.2) is 36.7 Å². The molecule has 2 fully saturated rings. The van der Waals surface area contributed by atoms with Crippen LogP contribution in [0.4, 0.5) is 5.82 Å². The van der Waals surface area contributed by atoms with E-state index in [-0.39, 0.29) is 6.04 Å². The van der Waals surface area contributed by atoms with E-state index in [4.69, 9.17) is 11.6 Å². The van der Waals surface area contributed by atoms with Crippen LogP contribution in [0.2, 0.25) is 5.02 Å². The molecule has 3 aromatic rings. The summed E-state index contributed by atoms with van der Waals surface area (Å²) in [6.07, 6.45) is 2.39. The van der Waals surface area contributed by atoms with Crippen molar-refractivity contribution in [3.63, 3.8) is 0 Å². The van der Waals surface area contributed by atoms with Crippen molar-refractivity contribution in [1.29, 1.82) is 0 Å². The van der Waals surface area contributed by atoms with Crippen LogP contribution in [0.25, 0.3) is 20.7 Å². The van der Waals surface area contributed by atoms with Gasteiger partial charge in [-0.2, -0.15) is 0 Å². The van der Waals surface area contributed by atoms with Crippen LogP contribution < -0.4 is 4.90 Å². The summed E-state index contributed by atoms with van der Waals surface area (Å²) in [4.78, 5) is 14.8. The number of halogens is 1. The van der Waals surface area contributed by atoms with Gasteiger partial charge in [-0.15, -0.1) is 11.3 Å². The standard InChI is InChI=1S/C20H21ClN4O2S2/c21-15-3-1-14(2-4-15)18-11-17-19(28-18)20(23-13-22-17)25-8-6-24(7-9-25)16-5-10-29(26,27)12-16/h1-4,11,13,16H,5-10,12H2. The van der Waals surface area contributed by atoms with Gasteiger partial charge in [-0.1, -0.05) is 23.7 Å². The third kappa shape index (κ3) is 3.86. The number of nitrogens with zero attached hydrogens (tertiary/aromatic N) is 4. The van der Waals surface area contributed by atoms with Crippen molar-refractivity contribution >= 4 is 48.8 Å². The molecule has 0 N–H and O–H groups in total. The number of fused-ring (bicyclic) bond motifs is 1. The zero-order valence-electron chi connectivity index (χ0n) is 15.8. The first-order valence-corrected chi connectivity index (χ1v) is 12.7. The quantitative estimate of drug-likeness (QED) is 0.612. The summed E-state index contributed by atoms with van der Waals surface area (Å²) < 4.78 is 24.7. The van der Waals surface area contributed by atoms with E-state index in [0.717, 1.165) is 64.1 Å². The Balaban J connectivity index is 1.36. The number of rotatable bonds is 3. The predicted octanol–water partition coefficient (Wildman–Crippen LogP) is 3.32. The first kappa shape index (κ1) is 19.2. The monoisotopic (exact) mass is 448 g/mol. The summed E-state index contributed by atoms with van der Waals surface area (Å²) in [5.41, 5.74) is 2.07. The highest BCUT2D eigenvalue weighted by molar-refractivity contribution is 7.91. The number of hydrogen-bond acceptors (Lipinski definition) is 7. The summed E-state index contributed by atoms with van der Waals surface area (Å²) in [5, 5.41) is 0.725. The molecule has 4 heterocycles. The smallest absolute Gasteiger partial charge is 0.151 e. The van der Waals surface area contributed by atoms with Crippen molar-refractivity contribution in [2.24, 2.45) is 0 Å². The van der Waals surface area contributed by atoms with E-state index in [2.05, 4.69) is 25.8 Å². The Morgan fingerprint density at radius 1 is 1.07 bits per heavy atom. The molecule has 0 aliphatic carbocycles. The van der Waals surface area contributed by atoms with Gasteiger partial charge in [0.1, 0.15) is 12.1 Å². The Hall–Kier alpha value is -1.74. The second-order valence-corrected chi connectivity index (χ2v) is 11.3. The molecule has 2 aromatic heterocycles. The van der Waals surface area contributed by atoms with Gasteiger partial charge in [0.15, 0.2) is 9.84 Å². The van der Waals surface area contributed by atoms with E-state index in [1.54, 1.807) is 17.7 Å². The number of hydrogen-bond donors (Lipinski definition) is 0. The number of anilines is 1. The van der Waals surface area contributed by atoms with Crippen molar-refractivity contribution in [3.05, 3.63) is 41.7 Å². The van der Waals surface area contributed by atoms with E-state index in [1.165, 1.54) is 0 Å². The number of benzene rings is 1. The highest BCUT2D eigenvalue weighted by atomic mass is 35.5. The average molecular weight is 449 g/mol. The van der Waals surface area contributed by atoms with Gasteiger partial charge in [0.2, 0.25) is 0 Å². The average Bonchev–Trinajstić information content (AvgIpc) is 3.31. The summed E-state index contributed by atoms with van der Waals surface area (Å²) in [6.45, 7) is 3.41. The molecule has 0 saturated carbocycles. The van der Waals surface area contributed by atoms with Crippen LogP contribution in [0.3, 0.4) is 0 Å². The molecule has 152 valence electrons. The van der Waals surface area contributed by atoms with Gasteiger partial charge in [0.25, 0.3) is 0 Å². The normalized spacial score (nSPS) is 22.4. The van der Waals surface area contributed by atoms with Gasteiger partial charge in [-0.05, 0) is 30.2 Å². The first-order valence-electron chi connectivity index (χ1n) is 9.68. The maximum Gasteiger partial charge on any atom is 0.151 e. The largest absolute Gasteiger partial charge is 0.353 e. The van der Waals surface area contributed by atoms with Crippen molar-refractivity contribution in [2.75, 3.05) is 42.6 Å². The number of sulfone groups is 1. The summed E-state index contributed by atoms with van der Waals surface area (Å²) in [5.74, 6) is 1.60. The lowest BCUT2D eigenvalue weighted by Crippen LogP contribution is -2.51. The molecule has 0 spiro atoms. The van der Waals surface area contributed by atoms with Crippen LogP contribution in [-0.4, -0.2) is 67.0 Å². The molecule has 1 aromatic carbocycles. The van der Waals surface area contributed by atoms with Crippen molar-refractivity contribution in [1.82, 2.24) is 14.9 Å². The minimum absolute atomic E-state index is 0.172. The molecule has 0 radical (unpaired) electrons. The van der Waals surface area contributed by atoms with E-state index >= 15 is 0 Å². The van der Waals surface area contributed by atoms with Crippen LogP contribution in [-0.2, 0) is 9.84 Å².